The van der Waals surface area contributed by atoms with E-state index in [0.29, 0.717) is 4.88 Å². The molecule has 0 saturated heterocycles. The van der Waals surface area contributed by atoms with Gasteiger partial charge in [-0.1, -0.05) is 0 Å². The number of hydrogen-bond donors (Lipinski definition) is 2. The van der Waals surface area contributed by atoms with E-state index in [1.54, 1.807) is 10.9 Å². The molecule has 4 nitrogen and oxygen atoms in total. The summed E-state index contributed by atoms with van der Waals surface area (Å²) >= 11 is 1.29. The minimum absolute atomic E-state index is 0.483. The van der Waals surface area contributed by atoms with Crippen molar-refractivity contribution >= 4 is 17.2 Å². The van der Waals surface area contributed by atoms with Crippen LogP contribution in [0.1, 0.15) is 9.67 Å². The third-order valence-corrected chi connectivity index (χ3v) is 2.74. The zero-order chi connectivity index (χ0) is 9.97. The first-order valence-corrected chi connectivity index (χ1v) is 4.86. The molecule has 0 aromatic carbocycles. The molecule has 2 N–H and O–H groups in total. The number of rotatable bonds is 2. The number of nitrogens with one attached hydrogen (secondary N) is 1. The van der Waals surface area contributed by atoms with Crippen molar-refractivity contribution in [3.63, 3.8) is 0 Å². The topological polar surface area (TPSA) is 54.3 Å². The van der Waals surface area contributed by atoms with Gasteiger partial charge in [0.1, 0.15) is 4.88 Å². The second kappa shape index (κ2) is 3.65. The molecular weight excluding hydrogens is 200 g/mol. The largest absolute Gasteiger partial charge is 0.322 e. The van der Waals surface area contributed by atoms with Gasteiger partial charge in [0.25, 0.3) is 5.91 Å². The molecule has 0 bridgehead atoms. The average Bonchev–Trinajstić information content (AvgIpc) is 2.85. The molecular formula is C9H8N2O2S. The Bertz CT molecular complexity index is 433. The molecule has 0 aliphatic rings. The summed E-state index contributed by atoms with van der Waals surface area (Å²) in [4.78, 5) is 11.7. The third-order valence-electron chi connectivity index (χ3n) is 1.83. The monoisotopic (exact) mass is 208 g/mol. The van der Waals surface area contributed by atoms with E-state index in [-0.39, 0.29) is 0 Å². The lowest BCUT2D eigenvalue weighted by molar-refractivity contribution is 0.0711. The summed E-state index contributed by atoms with van der Waals surface area (Å²) in [6.45, 7) is 0. The molecule has 0 saturated carbocycles. The molecule has 0 unspecified atom stereocenters. The molecule has 14 heavy (non-hydrogen) atoms. The minimum Gasteiger partial charge on any atom is -0.322 e. The maximum atomic E-state index is 11.2. The lowest BCUT2D eigenvalue weighted by Gasteiger charge is -2.02. The SMILES string of the molecule is O=C(NO)c1sccc1-n1cccc1. The highest BCUT2D eigenvalue weighted by molar-refractivity contribution is 7.12. The second-order valence-electron chi connectivity index (χ2n) is 2.67. The van der Waals surface area contributed by atoms with E-state index in [0.717, 1.165) is 5.69 Å². The maximum Gasteiger partial charge on any atom is 0.286 e. The fourth-order valence-corrected chi connectivity index (χ4v) is 2.00. The molecule has 2 heterocycles. The lowest BCUT2D eigenvalue weighted by Crippen LogP contribution is -2.18. The Hall–Kier alpha value is -1.59. The van der Waals surface area contributed by atoms with Gasteiger partial charge in [0, 0.05) is 12.4 Å². The molecule has 2 aromatic rings. The number of hydrogen-bond acceptors (Lipinski definition) is 3. The average molecular weight is 208 g/mol. The van der Waals surface area contributed by atoms with Gasteiger partial charge < -0.3 is 4.57 Å². The van der Waals surface area contributed by atoms with Crippen LogP contribution in [0.2, 0.25) is 0 Å². The van der Waals surface area contributed by atoms with Crippen LogP contribution in [-0.4, -0.2) is 15.7 Å². The van der Waals surface area contributed by atoms with Crippen LogP contribution < -0.4 is 5.48 Å². The van der Waals surface area contributed by atoms with Crippen LogP contribution >= 0.6 is 11.3 Å². The molecule has 0 spiro atoms. The molecule has 1 amide bonds. The fourth-order valence-electron chi connectivity index (χ4n) is 1.22. The lowest BCUT2D eigenvalue weighted by atomic mass is 10.3. The maximum absolute atomic E-state index is 11.2. The number of nitrogens with zero attached hydrogens (tertiary/aromatic N) is 1. The fraction of sp³-hybridized carbons (Fsp3) is 0. The molecule has 0 fully saturated rings. The number of thiophene rings is 1. The molecule has 0 aliphatic carbocycles. The van der Waals surface area contributed by atoms with Crippen molar-refractivity contribution in [2.45, 2.75) is 0 Å². The van der Waals surface area contributed by atoms with Crippen LogP contribution in [0.15, 0.2) is 36.0 Å². The zero-order valence-corrected chi connectivity index (χ0v) is 7.99. The number of aromatic nitrogens is 1. The van der Waals surface area contributed by atoms with Crippen molar-refractivity contribution in [1.29, 1.82) is 0 Å². The highest BCUT2D eigenvalue weighted by Gasteiger charge is 2.12. The van der Waals surface area contributed by atoms with Gasteiger partial charge in [-0.15, -0.1) is 11.3 Å². The summed E-state index contributed by atoms with van der Waals surface area (Å²) in [5.41, 5.74) is 2.40. The second-order valence-corrected chi connectivity index (χ2v) is 3.58. The number of hydroxylamine groups is 1. The molecule has 0 atom stereocenters. The first kappa shape index (κ1) is 8.98. The van der Waals surface area contributed by atoms with E-state index < -0.39 is 5.91 Å². The van der Waals surface area contributed by atoms with Crippen molar-refractivity contribution in [2.75, 3.05) is 0 Å². The predicted molar refractivity (Wildman–Crippen MR) is 52.9 cm³/mol. The molecule has 72 valence electrons. The third kappa shape index (κ3) is 1.43. The number of amides is 1. The first-order valence-electron chi connectivity index (χ1n) is 3.98. The summed E-state index contributed by atoms with van der Waals surface area (Å²) in [6, 6.07) is 5.58. The number of carbonyl (C=O) groups excluding carboxylic acids is 1. The van der Waals surface area contributed by atoms with Crippen LogP contribution in [-0.2, 0) is 0 Å². The highest BCUT2D eigenvalue weighted by atomic mass is 32.1. The van der Waals surface area contributed by atoms with E-state index in [4.69, 9.17) is 5.21 Å². The Balaban J connectivity index is 2.45. The Morgan fingerprint density at radius 1 is 1.43 bits per heavy atom. The van der Waals surface area contributed by atoms with Gasteiger partial charge in [0.2, 0.25) is 0 Å². The standard InChI is InChI=1S/C9H8N2O2S/c12-9(10-13)8-7(3-6-14-8)11-4-1-2-5-11/h1-6,13H,(H,10,12). The van der Waals surface area contributed by atoms with Crippen molar-refractivity contribution < 1.29 is 10.0 Å². The van der Waals surface area contributed by atoms with Crippen LogP contribution in [0.3, 0.4) is 0 Å². The van der Waals surface area contributed by atoms with Gasteiger partial charge in [-0.2, -0.15) is 0 Å². The van der Waals surface area contributed by atoms with Crippen molar-refractivity contribution in [3.05, 3.63) is 40.8 Å². The zero-order valence-electron chi connectivity index (χ0n) is 7.18. The molecule has 5 heteroatoms. The van der Waals surface area contributed by atoms with E-state index in [1.165, 1.54) is 11.3 Å². The van der Waals surface area contributed by atoms with Gasteiger partial charge in [-0.05, 0) is 23.6 Å². The molecule has 0 aliphatic heterocycles. The van der Waals surface area contributed by atoms with Gasteiger partial charge in [0.05, 0.1) is 5.69 Å². The van der Waals surface area contributed by atoms with Gasteiger partial charge >= 0.3 is 0 Å². The summed E-state index contributed by atoms with van der Waals surface area (Å²) in [5, 5.41) is 10.3. The summed E-state index contributed by atoms with van der Waals surface area (Å²) < 4.78 is 1.82. The predicted octanol–water partition coefficient (Wildman–Crippen LogP) is 1.66. The Morgan fingerprint density at radius 2 is 2.14 bits per heavy atom. The van der Waals surface area contributed by atoms with Crippen molar-refractivity contribution in [2.24, 2.45) is 0 Å². The Morgan fingerprint density at radius 3 is 2.79 bits per heavy atom. The first-order chi connectivity index (χ1) is 6.83. The van der Waals surface area contributed by atoms with Crippen LogP contribution in [0.25, 0.3) is 5.69 Å². The Kier molecular flexibility index (Phi) is 2.34. The smallest absolute Gasteiger partial charge is 0.286 e. The van der Waals surface area contributed by atoms with Crippen LogP contribution in [0.5, 0.6) is 0 Å². The molecule has 2 rings (SSSR count). The van der Waals surface area contributed by atoms with E-state index in [9.17, 15) is 4.79 Å². The molecule has 2 aromatic heterocycles. The number of carbonyl (C=O) groups is 1. The van der Waals surface area contributed by atoms with E-state index in [1.807, 2.05) is 35.2 Å². The van der Waals surface area contributed by atoms with Crippen molar-refractivity contribution in [3.8, 4) is 5.69 Å². The summed E-state index contributed by atoms with van der Waals surface area (Å²) in [5.74, 6) is -0.483. The Labute approximate surface area is 84.4 Å². The van der Waals surface area contributed by atoms with Gasteiger partial charge in [-0.25, -0.2) is 5.48 Å². The van der Waals surface area contributed by atoms with Gasteiger partial charge in [0.15, 0.2) is 0 Å². The quantitative estimate of drug-likeness (QED) is 0.582. The van der Waals surface area contributed by atoms with Crippen LogP contribution in [0, 0.1) is 0 Å². The van der Waals surface area contributed by atoms with E-state index >= 15 is 0 Å². The highest BCUT2D eigenvalue weighted by Crippen LogP contribution is 2.20. The summed E-state index contributed by atoms with van der Waals surface area (Å²) in [6.07, 6.45) is 3.69. The van der Waals surface area contributed by atoms with E-state index in [2.05, 4.69) is 0 Å². The summed E-state index contributed by atoms with van der Waals surface area (Å²) in [7, 11) is 0. The van der Waals surface area contributed by atoms with Gasteiger partial charge in [-0.3, -0.25) is 10.0 Å². The van der Waals surface area contributed by atoms with Crippen molar-refractivity contribution in [1.82, 2.24) is 10.0 Å². The van der Waals surface area contributed by atoms with Crippen LogP contribution in [0.4, 0.5) is 0 Å². The molecule has 0 radical (unpaired) electrons. The normalized spacial score (nSPS) is 10.1. The minimum atomic E-state index is -0.483.